The molecule has 7 heteroatoms. The van der Waals surface area contributed by atoms with Gasteiger partial charge >= 0.3 is 0 Å². The van der Waals surface area contributed by atoms with Gasteiger partial charge in [-0.25, -0.2) is 0 Å². The first-order chi connectivity index (χ1) is 10.9. The van der Waals surface area contributed by atoms with Crippen molar-refractivity contribution in [3.63, 3.8) is 0 Å². The Balaban J connectivity index is 2.21. The van der Waals surface area contributed by atoms with Gasteiger partial charge in [0.2, 0.25) is 5.91 Å². The Morgan fingerprint density at radius 1 is 1.17 bits per heavy atom. The maximum Gasteiger partial charge on any atom is 0.267 e. The predicted octanol–water partition coefficient (Wildman–Crippen LogP) is 3.03. The van der Waals surface area contributed by atoms with Crippen LogP contribution in [0.15, 0.2) is 29.2 Å². The van der Waals surface area contributed by atoms with Gasteiger partial charge in [-0.2, -0.15) is 0 Å². The molecule has 0 heterocycles. The minimum Gasteiger partial charge on any atom is -0.369 e. The second-order valence-corrected chi connectivity index (χ2v) is 6.96. The van der Waals surface area contributed by atoms with Crippen molar-refractivity contribution in [1.29, 1.82) is 0 Å². The number of ether oxygens (including phenoxy) is 1. The minimum absolute atomic E-state index is 0.199. The fourth-order valence-electron chi connectivity index (χ4n) is 1.50. The van der Waals surface area contributed by atoms with Gasteiger partial charge < -0.3 is 4.74 Å². The molecule has 0 aliphatic carbocycles. The van der Waals surface area contributed by atoms with E-state index < -0.39 is 6.10 Å². The van der Waals surface area contributed by atoms with Gasteiger partial charge in [-0.1, -0.05) is 25.4 Å². The standard InChI is InChI=1S/C16H23ClN2O3S/c1-11(2)8-9-22-12(3)16(21)19-18-15(20)10-23-14-6-4-13(17)5-7-14/h4-7,11-12H,8-10H2,1-3H3,(H,18,20)(H,19,21). The van der Waals surface area contributed by atoms with Crippen LogP contribution in [0.3, 0.4) is 0 Å². The quantitative estimate of drug-likeness (QED) is 0.553. The van der Waals surface area contributed by atoms with E-state index in [2.05, 4.69) is 24.7 Å². The Bertz CT molecular complexity index is 509. The molecule has 0 bridgehead atoms. The summed E-state index contributed by atoms with van der Waals surface area (Å²) in [6.45, 7) is 6.36. The highest BCUT2D eigenvalue weighted by Gasteiger charge is 2.14. The molecule has 1 rings (SSSR count). The Labute approximate surface area is 146 Å². The Morgan fingerprint density at radius 2 is 1.83 bits per heavy atom. The van der Waals surface area contributed by atoms with E-state index in [-0.39, 0.29) is 17.6 Å². The van der Waals surface area contributed by atoms with Crippen LogP contribution in [0.1, 0.15) is 27.2 Å². The molecule has 2 amide bonds. The number of benzene rings is 1. The number of carbonyl (C=O) groups is 2. The lowest BCUT2D eigenvalue weighted by molar-refractivity contribution is -0.135. The molecular formula is C16H23ClN2O3S. The van der Waals surface area contributed by atoms with Crippen LogP contribution in [0, 0.1) is 5.92 Å². The van der Waals surface area contributed by atoms with Crippen LogP contribution in [0.25, 0.3) is 0 Å². The van der Waals surface area contributed by atoms with Gasteiger partial charge in [0.1, 0.15) is 6.10 Å². The van der Waals surface area contributed by atoms with Crippen molar-refractivity contribution in [2.75, 3.05) is 12.4 Å². The van der Waals surface area contributed by atoms with E-state index in [1.54, 1.807) is 19.1 Å². The molecule has 1 unspecified atom stereocenters. The van der Waals surface area contributed by atoms with Gasteiger partial charge in [0.25, 0.3) is 5.91 Å². The lowest BCUT2D eigenvalue weighted by Gasteiger charge is -2.14. The molecule has 2 N–H and O–H groups in total. The fraction of sp³-hybridized carbons (Fsp3) is 0.500. The van der Waals surface area contributed by atoms with Crippen molar-refractivity contribution in [1.82, 2.24) is 10.9 Å². The summed E-state index contributed by atoms with van der Waals surface area (Å²) in [6.07, 6.45) is 0.291. The molecule has 0 aromatic heterocycles. The maximum atomic E-state index is 11.8. The third-order valence-electron chi connectivity index (χ3n) is 2.94. The van der Waals surface area contributed by atoms with E-state index in [1.165, 1.54) is 11.8 Å². The number of thioether (sulfide) groups is 1. The van der Waals surface area contributed by atoms with Crippen molar-refractivity contribution >= 4 is 35.2 Å². The second kappa shape index (κ2) is 10.5. The highest BCUT2D eigenvalue weighted by Crippen LogP contribution is 2.19. The number of hydrazine groups is 1. The molecule has 1 atom stereocenters. The van der Waals surface area contributed by atoms with Crippen LogP contribution in [0.4, 0.5) is 0 Å². The minimum atomic E-state index is -0.599. The maximum absolute atomic E-state index is 11.8. The Kier molecular flexibility index (Phi) is 9.06. The second-order valence-electron chi connectivity index (χ2n) is 5.48. The number of nitrogens with one attached hydrogen (secondary N) is 2. The highest BCUT2D eigenvalue weighted by atomic mass is 35.5. The molecule has 128 valence electrons. The number of hydrogen-bond donors (Lipinski definition) is 2. The molecule has 1 aromatic carbocycles. The van der Waals surface area contributed by atoms with Crippen molar-refractivity contribution in [2.24, 2.45) is 5.92 Å². The first-order valence-corrected chi connectivity index (χ1v) is 8.83. The third-order valence-corrected chi connectivity index (χ3v) is 4.20. The fourth-order valence-corrected chi connectivity index (χ4v) is 2.33. The lowest BCUT2D eigenvalue weighted by atomic mass is 10.1. The van der Waals surface area contributed by atoms with Crippen molar-refractivity contribution in [3.8, 4) is 0 Å². The summed E-state index contributed by atoms with van der Waals surface area (Å²) in [5.41, 5.74) is 4.75. The van der Waals surface area contributed by atoms with Crippen LogP contribution < -0.4 is 10.9 Å². The van der Waals surface area contributed by atoms with Crippen LogP contribution in [-0.4, -0.2) is 30.3 Å². The Hall–Kier alpha value is -1.24. The van der Waals surface area contributed by atoms with E-state index in [0.29, 0.717) is 17.5 Å². The summed E-state index contributed by atoms with van der Waals surface area (Å²) in [4.78, 5) is 24.4. The first-order valence-electron chi connectivity index (χ1n) is 7.47. The molecule has 0 spiro atoms. The molecule has 5 nitrogen and oxygen atoms in total. The third kappa shape index (κ3) is 8.83. The molecule has 0 aliphatic rings. The van der Waals surface area contributed by atoms with Gasteiger partial charge in [-0.05, 0) is 43.5 Å². The van der Waals surface area contributed by atoms with E-state index in [4.69, 9.17) is 16.3 Å². The average Bonchev–Trinajstić information content (AvgIpc) is 2.51. The molecule has 0 aliphatic heterocycles. The molecular weight excluding hydrogens is 336 g/mol. The number of rotatable bonds is 8. The summed E-state index contributed by atoms with van der Waals surface area (Å²) in [6, 6.07) is 7.20. The molecule has 0 fully saturated rings. The zero-order chi connectivity index (χ0) is 17.2. The summed E-state index contributed by atoms with van der Waals surface area (Å²) in [5, 5.41) is 0.650. The summed E-state index contributed by atoms with van der Waals surface area (Å²) in [7, 11) is 0. The molecule has 0 radical (unpaired) electrons. The number of halogens is 1. The van der Waals surface area contributed by atoms with E-state index in [9.17, 15) is 9.59 Å². The van der Waals surface area contributed by atoms with Gasteiger partial charge in [0, 0.05) is 16.5 Å². The SMILES string of the molecule is CC(C)CCOC(C)C(=O)NNC(=O)CSc1ccc(Cl)cc1. The van der Waals surface area contributed by atoms with Crippen LogP contribution >= 0.6 is 23.4 Å². The van der Waals surface area contributed by atoms with Gasteiger partial charge in [-0.3, -0.25) is 20.4 Å². The zero-order valence-corrected chi connectivity index (χ0v) is 15.2. The molecule has 1 aromatic rings. The van der Waals surface area contributed by atoms with Crippen molar-refractivity contribution in [3.05, 3.63) is 29.3 Å². The highest BCUT2D eigenvalue weighted by molar-refractivity contribution is 8.00. The normalized spacial score (nSPS) is 12.0. The first kappa shape index (κ1) is 19.8. The van der Waals surface area contributed by atoms with Crippen LogP contribution in [0.2, 0.25) is 5.02 Å². The largest absolute Gasteiger partial charge is 0.369 e. The van der Waals surface area contributed by atoms with Gasteiger partial charge in [-0.15, -0.1) is 11.8 Å². The number of hydrogen-bond acceptors (Lipinski definition) is 4. The summed E-state index contributed by atoms with van der Waals surface area (Å²) >= 11 is 7.16. The number of carbonyl (C=O) groups excluding carboxylic acids is 2. The Morgan fingerprint density at radius 3 is 2.43 bits per heavy atom. The van der Waals surface area contributed by atoms with Crippen LogP contribution in [-0.2, 0) is 14.3 Å². The number of amides is 2. The monoisotopic (exact) mass is 358 g/mol. The van der Waals surface area contributed by atoms with E-state index in [0.717, 1.165) is 11.3 Å². The zero-order valence-electron chi connectivity index (χ0n) is 13.6. The van der Waals surface area contributed by atoms with Crippen molar-refractivity contribution < 1.29 is 14.3 Å². The average molecular weight is 359 g/mol. The topological polar surface area (TPSA) is 67.4 Å². The summed E-state index contributed by atoms with van der Waals surface area (Å²) in [5.74, 6) is 0.0750. The smallest absolute Gasteiger partial charge is 0.267 e. The van der Waals surface area contributed by atoms with Crippen molar-refractivity contribution in [2.45, 2.75) is 38.2 Å². The van der Waals surface area contributed by atoms with Gasteiger partial charge in [0.05, 0.1) is 5.75 Å². The summed E-state index contributed by atoms with van der Waals surface area (Å²) < 4.78 is 5.41. The molecule has 0 saturated carbocycles. The molecule has 0 saturated heterocycles. The van der Waals surface area contributed by atoms with E-state index >= 15 is 0 Å². The molecule has 23 heavy (non-hydrogen) atoms. The lowest BCUT2D eigenvalue weighted by Crippen LogP contribution is -2.47. The van der Waals surface area contributed by atoms with Crippen LogP contribution in [0.5, 0.6) is 0 Å². The van der Waals surface area contributed by atoms with Gasteiger partial charge in [0.15, 0.2) is 0 Å². The van der Waals surface area contributed by atoms with E-state index in [1.807, 2.05) is 12.1 Å². The predicted molar refractivity (Wildman–Crippen MR) is 93.3 cm³/mol.